The first kappa shape index (κ1) is 17.8. The fourth-order valence-electron chi connectivity index (χ4n) is 4.03. The van der Waals surface area contributed by atoms with Gasteiger partial charge < -0.3 is 14.9 Å². The molecule has 2 saturated heterocycles. The van der Waals surface area contributed by atoms with Crippen molar-refractivity contribution in [2.45, 2.75) is 25.9 Å². The zero-order chi connectivity index (χ0) is 19.0. The Bertz CT molecular complexity index is 850. The van der Waals surface area contributed by atoms with Crippen molar-refractivity contribution in [3.63, 3.8) is 0 Å². The predicted molar refractivity (Wildman–Crippen MR) is 97.3 cm³/mol. The average molecular weight is 371 g/mol. The van der Waals surface area contributed by atoms with Gasteiger partial charge in [0.25, 0.3) is 0 Å². The van der Waals surface area contributed by atoms with Crippen LogP contribution in [0.4, 0.5) is 10.3 Å². The highest BCUT2D eigenvalue weighted by atomic mass is 19.1. The number of rotatable bonds is 3. The number of piperidine rings is 1. The molecule has 0 bridgehead atoms. The molecule has 142 valence electrons. The van der Waals surface area contributed by atoms with Crippen molar-refractivity contribution in [2.24, 2.45) is 5.41 Å². The number of aromatic nitrogens is 3. The van der Waals surface area contributed by atoms with Gasteiger partial charge in [-0.1, -0.05) is 0 Å². The highest BCUT2D eigenvalue weighted by Crippen LogP contribution is 2.40. The van der Waals surface area contributed by atoms with Crippen LogP contribution in [0.3, 0.4) is 0 Å². The molecular formula is C19H22FN5O2. The van der Waals surface area contributed by atoms with Crippen molar-refractivity contribution in [2.75, 3.05) is 31.6 Å². The number of aliphatic hydroxyl groups is 1. The number of hydrogen-bond acceptors (Lipinski definition) is 6. The molecule has 2 aromatic rings. The fraction of sp³-hybridized carbons (Fsp3) is 0.474. The van der Waals surface area contributed by atoms with Crippen molar-refractivity contribution >= 4 is 11.9 Å². The van der Waals surface area contributed by atoms with Crippen LogP contribution in [0.5, 0.6) is 0 Å². The number of aliphatic hydroxyl groups excluding tert-OH is 1. The van der Waals surface area contributed by atoms with Crippen LogP contribution in [0.2, 0.25) is 0 Å². The number of amides is 1. The molecule has 1 N–H and O–H groups in total. The second-order valence-corrected chi connectivity index (χ2v) is 7.48. The minimum absolute atomic E-state index is 0.0834. The lowest BCUT2D eigenvalue weighted by molar-refractivity contribution is -0.126. The second kappa shape index (κ2) is 6.84. The molecular weight excluding hydrogens is 349 g/mol. The van der Waals surface area contributed by atoms with E-state index in [0.717, 1.165) is 32.5 Å². The number of halogens is 1. The lowest BCUT2D eigenvalue weighted by Gasteiger charge is -2.38. The monoisotopic (exact) mass is 371 g/mol. The molecule has 8 heteroatoms. The van der Waals surface area contributed by atoms with E-state index in [-0.39, 0.29) is 29.2 Å². The molecule has 0 aromatic carbocycles. The fourth-order valence-corrected chi connectivity index (χ4v) is 4.03. The van der Waals surface area contributed by atoms with Crippen LogP contribution in [0.25, 0.3) is 11.3 Å². The molecule has 7 nitrogen and oxygen atoms in total. The molecule has 2 fully saturated rings. The van der Waals surface area contributed by atoms with Crippen LogP contribution in [-0.2, 0) is 11.4 Å². The quantitative estimate of drug-likeness (QED) is 0.883. The molecule has 0 saturated carbocycles. The average Bonchev–Trinajstić information content (AvgIpc) is 2.96. The predicted octanol–water partition coefficient (Wildman–Crippen LogP) is 1.62. The second-order valence-electron chi connectivity index (χ2n) is 7.48. The lowest BCUT2D eigenvalue weighted by atomic mass is 9.78. The third-order valence-corrected chi connectivity index (χ3v) is 5.68. The third-order valence-electron chi connectivity index (χ3n) is 5.68. The summed E-state index contributed by atoms with van der Waals surface area (Å²) < 4.78 is 14.3. The number of likely N-dealkylation sites (tertiary alicyclic amines) is 1. The third kappa shape index (κ3) is 3.25. The van der Waals surface area contributed by atoms with Crippen LogP contribution in [0.1, 0.15) is 24.8 Å². The van der Waals surface area contributed by atoms with Gasteiger partial charge in [0.15, 0.2) is 5.82 Å². The zero-order valence-electron chi connectivity index (χ0n) is 15.2. The van der Waals surface area contributed by atoms with E-state index in [1.165, 1.54) is 12.3 Å². The Morgan fingerprint density at radius 2 is 1.93 bits per heavy atom. The number of pyridine rings is 1. The topological polar surface area (TPSA) is 82.5 Å². The number of carbonyl (C=O) groups is 1. The first-order chi connectivity index (χ1) is 13.0. The Morgan fingerprint density at radius 3 is 2.52 bits per heavy atom. The van der Waals surface area contributed by atoms with Crippen LogP contribution in [0.15, 0.2) is 24.7 Å². The molecule has 2 aliphatic rings. The van der Waals surface area contributed by atoms with E-state index in [9.17, 15) is 14.3 Å². The molecule has 1 spiro atoms. The molecule has 0 unspecified atom stereocenters. The molecule has 2 aliphatic heterocycles. The summed E-state index contributed by atoms with van der Waals surface area (Å²) in [7, 11) is 1.87. The molecule has 27 heavy (non-hydrogen) atoms. The number of carbonyl (C=O) groups excluding carboxylic acids is 1. The van der Waals surface area contributed by atoms with Gasteiger partial charge in [-0.2, -0.15) is 0 Å². The van der Waals surface area contributed by atoms with Crippen molar-refractivity contribution < 1.29 is 14.3 Å². The van der Waals surface area contributed by atoms with Gasteiger partial charge in [0.2, 0.25) is 11.9 Å². The first-order valence-corrected chi connectivity index (χ1v) is 9.07. The molecule has 1 amide bonds. The number of nitrogens with zero attached hydrogens (tertiary/aromatic N) is 5. The summed E-state index contributed by atoms with van der Waals surface area (Å²) >= 11 is 0. The van der Waals surface area contributed by atoms with E-state index in [2.05, 4.69) is 19.9 Å². The van der Waals surface area contributed by atoms with Crippen LogP contribution >= 0.6 is 0 Å². The van der Waals surface area contributed by atoms with E-state index in [1.54, 1.807) is 12.4 Å². The maximum absolute atomic E-state index is 14.3. The maximum atomic E-state index is 14.3. The Hall–Kier alpha value is -2.61. The van der Waals surface area contributed by atoms with E-state index >= 15 is 0 Å². The molecule has 4 rings (SSSR count). The van der Waals surface area contributed by atoms with Gasteiger partial charge in [0.05, 0.1) is 6.61 Å². The minimum Gasteiger partial charge on any atom is -0.392 e. The molecule has 4 heterocycles. The lowest BCUT2D eigenvalue weighted by Crippen LogP contribution is -2.42. The number of anilines is 1. The molecule has 0 atom stereocenters. The van der Waals surface area contributed by atoms with Gasteiger partial charge >= 0.3 is 0 Å². The van der Waals surface area contributed by atoms with E-state index in [0.29, 0.717) is 17.9 Å². The van der Waals surface area contributed by atoms with E-state index in [1.807, 2.05) is 11.9 Å². The van der Waals surface area contributed by atoms with Gasteiger partial charge in [-0.05, 0) is 18.9 Å². The van der Waals surface area contributed by atoms with Gasteiger partial charge in [-0.25, -0.2) is 14.4 Å². The minimum atomic E-state index is -0.550. The summed E-state index contributed by atoms with van der Waals surface area (Å²) in [4.78, 5) is 28.6. The van der Waals surface area contributed by atoms with Crippen LogP contribution < -0.4 is 4.90 Å². The van der Waals surface area contributed by atoms with E-state index in [4.69, 9.17) is 0 Å². The summed E-state index contributed by atoms with van der Waals surface area (Å²) in [6.07, 6.45) is 7.08. The number of hydrogen-bond donors (Lipinski definition) is 1. The van der Waals surface area contributed by atoms with Gasteiger partial charge in [-0.3, -0.25) is 9.78 Å². The summed E-state index contributed by atoms with van der Waals surface area (Å²) in [5, 5.41) is 9.19. The maximum Gasteiger partial charge on any atom is 0.225 e. The largest absolute Gasteiger partial charge is 0.392 e. The SMILES string of the molecule is CN1CC2(CCN(c3ncc(-c4nccc(CO)c4F)cn3)CC2)CC1=O. The van der Waals surface area contributed by atoms with Gasteiger partial charge in [-0.15, -0.1) is 0 Å². The Morgan fingerprint density at radius 1 is 1.22 bits per heavy atom. The first-order valence-electron chi connectivity index (χ1n) is 9.07. The van der Waals surface area contributed by atoms with E-state index < -0.39 is 5.82 Å². The summed E-state index contributed by atoms with van der Waals surface area (Å²) in [5.41, 5.74) is 0.891. The van der Waals surface area contributed by atoms with Crippen LogP contribution in [0, 0.1) is 11.2 Å². The standard InChI is InChI=1S/C19H22FN5O2/c1-24-12-19(8-15(24)27)3-6-25(7-4-19)18-22-9-14(10-23-18)17-16(20)13(11-26)2-5-21-17/h2,5,9-10,26H,3-4,6-8,11-12H2,1H3. The Kier molecular flexibility index (Phi) is 4.51. The summed E-state index contributed by atoms with van der Waals surface area (Å²) in [6.45, 7) is 2.04. The highest BCUT2D eigenvalue weighted by molar-refractivity contribution is 5.79. The highest BCUT2D eigenvalue weighted by Gasteiger charge is 2.43. The van der Waals surface area contributed by atoms with Crippen molar-refractivity contribution in [1.29, 1.82) is 0 Å². The molecule has 0 radical (unpaired) electrons. The Labute approximate surface area is 156 Å². The Balaban J connectivity index is 1.47. The normalized spacial score (nSPS) is 19.1. The van der Waals surface area contributed by atoms with Crippen molar-refractivity contribution in [3.8, 4) is 11.3 Å². The zero-order valence-corrected chi connectivity index (χ0v) is 15.2. The summed E-state index contributed by atoms with van der Waals surface area (Å²) in [5.74, 6) is 0.278. The van der Waals surface area contributed by atoms with Crippen LogP contribution in [-0.4, -0.2) is 57.5 Å². The molecule has 2 aromatic heterocycles. The van der Waals surface area contributed by atoms with Gasteiger partial charge in [0, 0.05) is 68.2 Å². The summed E-state index contributed by atoms with van der Waals surface area (Å²) in [6, 6.07) is 1.45. The molecule has 0 aliphatic carbocycles. The van der Waals surface area contributed by atoms with Crippen molar-refractivity contribution in [3.05, 3.63) is 36.0 Å². The smallest absolute Gasteiger partial charge is 0.225 e. The van der Waals surface area contributed by atoms with Crippen molar-refractivity contribution in [1.82, 2.24) is 19.9 Å². The van der Waals surface area contributed by atoms with Gasteiger partial charge in [0.1, 0.15) is 5.69 Å².